The highest BCUT2D eigenvalue weighted by Crippen LogP contribution is 2.27. The molecule has 0 aliphatic rings. The van der Waals surface area contributed by atoms with E-state index >= 15 is 0 Å². The summed E-state index contributed by atoms with van der Waals surface area (Å²) in [5.41, 5.74) is 3.66. The molecule has 6 nitrogen and oxygen atoms in total. The topological polar surface area (TPSA) is 58.1 Å². The smallest absolute Gasteiger partial charge is 0.191 e. The molecule has 0 fully saturated rings. The third-order valence-electron chi connectivity index (χ3n) is 4.88. The van der Waals surface area contributed by atoms with Crippen LogP contribution in [-0.4, -0.2) is 45.2 Å². The molecule has 0 saturated carbocycles. The fourth-order valence-electron chi connectivity index (χ4n) is 3.13. The summed E-state index contributed by atoms with van der Waals surface area (Å²) in [5.74, 6) is 2.21. The molecule has 0 radical (unpaired) electrons. The number of hydrogen-bond donors (Lipinski definition) is 2. The molecular weight excluding hydrogens is 491 g/mol. The zero-order chi connectivity index (χ0) is 21.1. The predicted molar refractivity (Wildman–Crippen MR) is 135 cm³/mol. The summed E-state index contributed by atoms with van der Waals surface area (Å²) in [5, 5.41) is 6.73. The molecule has 2 aromatic carbocycles. The van der Waals surface area contributed by atoms with Crippen molar-refractivity contribution < 1.29 is 9.47 Å². The van der Waals surface area contributed by atoms with Crippen LogP contribution in [0.4, 0.5) is 0 Å². The first-order chi connectivity index (χ1) is 14.1. The van der Waals surface area contributed by atoms with Gasteiger partial charge in [0, 0.05) is 26.7 Å². The van der Waals surface area contributed by atoms with Gasteiger partial charge in [-0.1, -0.05) is 44.2 Å². The maximum Gasteiger partial charge on any atom is 0.191 e. The van der Waals surface area contributed by atoms with E-state index < -0.39 is 0 Å². The highest BCUT2D eigenvalue weighted by molar-refractivity contribution is 14.0. The molecule has 0 saturated heterocycles. The molecule has 7 heteroatoms. The molecule has 166 valence electrons. The van der Waals surface area contributed by atoms with Gasteiger partial charge in [0.15, 0.2) is 17.5 Å². The van der Waals surface area contributed by atoms with Crippen LogP contribution < -0.4 is 20.1 Å². The number of rotatable bonds is 10. The van der Waals surface area contributed by atoms with Crippen LogP contribution in [0, 0.1) is 0 Å². The Kier molecular flexibility index (Phi) is 12.2. The molecule has 2 aromatic rings. The van der Waals surface area contributed by atoms with Gasteiger partial charge in [-0.15, -0.1) is 24.0 Å². The first-order valence-electron chi connectivity index (χ1n) is 10.1. The van der Waals surface area contributed by atoms with E-state index in [2.05, 4.69) is 58.6 Å². The third-order valence-corrected chi connectivity index (χ3v) is 4.88. The van der Waals surface area contributed by atoms with E-state index in [1.165, 1.54) is 11.1 Å². The zero-order valence-corrected chi connectivity index (χ0v) is 21.0. The summed E-state index contributed by atoms with van der Waals surface area (Å²) in [7, 11) is 5.06. The first-order valence-corrected chi connectivity index (χ1v) is 10.1. The molecule has 0 aliphatic carbocycles. The van der Waals surface area contributed by atoms with Gasteiger partial charge in [-0.25, -0.2) is 0 Å². The number of ether oxygens (including phenoxy) is 2. The van der Waals surface area contributed by atoms with Crippen molar-refractivity contribution in [1.82, 2.24) is 15.5 Å². The van der Waals surface area contributed by atoms with E-state index in [0.29, 0.717) is 6.54 Å². The van der Waals surface area contributed by atoms with Crippen LogP contribution in [0.25, 0.3) is 0 Å². The normalized spacial score (nSPS) is 11.1. The SMILES string of the molecule is CCN(CC)Cc1cccc(CNC(=NC)NCc2ccc(OC)c(OC)c2)c1.I. The Morgan fingerprint density at radius 2 is 1.47 bits per heavy atom. The van der Waals surface area contributed by atoms with E-state index in [9.17, 15) is 0 Å². The van der Waals surface area contributed by atoms with Gasteiger partial charge >= 0.3 is 0 Å². The lowest BCUT2D eigenvalue weighted by atomic mass is 10.1. The Labute approximate surface area is 198 Å². The van der Waals surface area contributed by atoms with Crippen LogP contribution in [0.2, 0.25) is 0 Å². The average molecular weight is 526 g/mol. The highest BCUT2D eigenvalue weighted by Gasteiger charge is 2.06. The van der Waals surface area contributed by atoms with Crippen molar-refractivity contribution in [2.75, 3.05) is 34.4 Å². The van der Waals surface area contributed by atoms with Crippen LogP contribution in [0.3, 0.4) is 0 Å². The zero-order valence-electron chi connectivity index (χ0n) is 18.7. The van der Waals surface area contributed by atoms with Crippen molar-refractivity contribution in [1.29, 1.82) is 0 Å². The Bertz CT molecular complexity index is 795. The Morgan fingerprint density at radius 1 is 0.867 bits per heavy atom. The fraction of sp³-hybridized carbons (Fsp3) is 0.435. The Hall–Kier alpha value is -2.00. The van der Waals surface area contributed by atoms with Crippen molar-refractivity contribution >= 4 is 29.9 Å². The minimum atomic E-state index is 0. The molecule has 0 spiro atoms. The predicted octanol–water partition coefficient (Wildman–Crippen LogP) is 4.03. The first kappa shape index (κ1) is 26.0. The number of halogens is 1. The van der Waals surface area contributed by atoms with Crippen molar-refractivity contribution in [3.8, 4) is 11.5 Å². The maximum absolute atomic E-state index is 5.37. The van der Waals surface area contributed by atoms with Crippen LogP contribution in [0.1, 0.15) is 30.5 Å². The van der Waals surface area contributed by atoms with E-state index in [0.717, 1.165) is 49.2 Å². The highest BCUT2D eigenvalue weighted by atomic mass is 127. The fourth-order valence-corrected chi connectivity index (χ4v) is 3.13. The number of guanidine groups is 1. The van der Waals surface area contributed by atoms with Crippen LogP contribution in [-0.2, 0) is 19.6 Å². The number of hydrogen-bond acceptors (Lipinski definition) is 4. The second-order valence-electron chi connectivity index (χ2n) is 6.75. The summed E-state index contributed by atoms with van der Waals surface area (Å²) in [4.78, 5) is 6.73. The van der Waals surface area contributed by atoms with Crippen molar-refractivity contribution in [3.05, 3.63) is 59.2 Å². The average Bonchev–Trinajstić information content (AvgIpc) is 2.77. The van der Waals surface area contributed by atoms with Crippen LogP contribution >= 0.6 is 24.0 Å². The quantitative estimate of drug-likeness (QED) is 0.278. The molecule has 0 bridgehead atoms. The van der Waals surface area contributed by atoms with E-state index in [4.69, 9.17) is 9.47 Å². The minimum Gasteiger partial charge on any atom is -0.493 e. The van der Waals surface area contributed by atoms with E-state index in [1.807, 2.05) is 18.2 Å². The van der Waals surface area contributed by atoms with Crippen molar-refractivity contribution in [3.63, 3.8) is 0 Å². The number of nitrogens with zero attached hydrogens (tertiary/aromatic N) is 2. The Morgan fingerprint density at radius 3 is 2.03 bits per heavy atom. The maximum atomic E-state index is 5.37. The van der Waals surface area contributed by atoms with Crippen LogP contribution in [0.5, 0.6) is 11.5 Å². The number of benzene rings is 2. The third kappa shape index (κ3) is 8.02. The second kappa shape index (κ2) is 14.1. The van der Waals surface area contributed by atoms with Gasteiger partial charge in [0.2, 0.25) is 0 Å². The number of methoxy groups -OCH3 is 2. The molecule has 0 aromatic heterocycles. The summed E-state index contributed by atoms with van der Waals surface area (Å²) in [6, 6.07) is 14.6. The van der Waals surface area contributed by atoms with Gasteiger partial charge in [-0.3, -0.25) is 9.89 Å². The molecule has 0 heterocycles. The molecule has 2 rings (SSSR count). The van der Waals surface area contributed by atoms with Gasteiger partial charge < -0.3 is 20.1 Å². The monoisotopic (exact) mass is 526 g/mol. The second-order valence-corrected chi connectivity index (χ2v) is 6.75. The summed E-state index contributed by atoms with van der Waals surface area (Å²) < 4.78 is 10.7. The number of aliphatic imine (C=N–C) groups is 1. The minimum absolute atomic E-state index is 0. The lowest BCUT2D eigenvalue weighted by Gasteiger charge is -2.18. The molecule has 0 unspecified atom stereocenters. The number of nitrogens with one attached hydrogen (secondary N) is 2. The molecule has 0 atom stereocenters. The molecule has 0 aliphatic heterocycles. The van der Waals surface area contributed by atoms with E-state index in [1.54, 1.807) is 21.3 Å². The lowest BCUT2D eigenvalue weighted by molar-refractivity contribution is 0.296. The van der Waals surface area contributed by atoms with Crippen molar-refractivity contribution in [2.24, 2.45) is 4.99 Å². The van der Waals surface area contributed by atoms with E-state index in [-0.39, 0.29) is 24.0 Å². The van der Waals surface area contributed by atoms with Gasteiger partial charge in [0.1, 0.15) is 0 Å². The molecular formula is C23H35IN4O2. The van der Waals surface area contributed by atoms with Gasteiger partial charge in [0.05, 0.1) is 14.2 Å². The molecule has 2 N–H and O–H groups in total. The lowest BCUT2D eigenvalue weighted by Crippen LogP contribution is -2.36. The van der Waals surface area contributed by atoms with Crippen LogP contribution in [0.15, 0.2) is 47.5 Å². The largest absolute Gasteiger partial charge is 0.493 e. The van der Waals surface area contributed by atoms with Gasteiger partial charge in [0.25, 0.3) is 0 Å². The van der Waals surface area contributed by atoms with Gasteiger partial charge in [-0.05, 0) is 41.9 Å². The standard InChI is InChI=1S/C23H34N4O2.HI/c1-6-27(7-2)17-20-10-8-9-18(13-20)15-25-23(24-3)26-16-19-11-12-21(28-4)22(14-19)29-5;/h8-14H,6-7,15-17H2,1-5H3,(H2,24,25,26);1H. The summed E-state index contributed by atoms with van der Waals surface area (Å²) >= 11 is 0. The summed E-state index contributed by atoms with van der Waals surface area (Å²) in [6.07, 6.45) is 0. The van der Waals surface area contributed by atoms with Crippen molar-refractivity contribution in [2.45, 2.75) is 33.5 Å². The Balaban J connectivity index is 0.00000450. The van der Waals surface area contributed by atoms with Gasteiger partial charge in [-0.2, -0.15) is 0 Å². The summed E-state index contributed by atoms with van der Waals surface area (Å²) in [6.45, 7) is 8.86. The molecule has 30 heavy (non-hydrogen) atoms. The molecule has 0 amide bonds.